The van der Waals surface area contributed by atoms with Gasteiger partial charge in [0.2, 0.25) is 5.91 Å². The van der Waals surface area contributed by atoms with E-state index in [-0.39, 0.29) is 15.3 Å². The average molecular weight is 387 g/mol. The molecular weight excluding hydrogens is 358 g/mol. The summed E-state index contributed by atoms with van der Waals surface area (Å²) in [4.78, 5) is 27.5. The summed E-state index contributed by atoms with van der Waals surface area (Å²) in [5.41, 5.74) is 2.12. The van der Waals surface area contributed by atoms with Gasteiger partial charge in [-0.25, -0.2) is 9.97 Å². The lowest BCUT2D eigenvalue weighted by Gasteiger charge is -2.31. The predicted molar refractivity (Wildman–Crippen MR) is 109 cm³/mol. The fraction of sp³-hybridized carbons (Fsp3) is 0.500. The number of aromatic nitrogens is 3. The lowest BCUT2D eigenvalue weighted by atomic mass is 9.96. The van der Waals surface area contributed by atoms with Crippen LogP contribution in [0.3, 0.4) is 0 Å². The highest BCUT2D eigenvalue weighted by atomic mass is 16.5. The number of aliphatic hydroxyl groups is 1. The smallest absolute Gasteiger partial charge is 0.245 e. The molecule has 1 atom stereocenters. The zero-order valence-electron chi connectivity index (χ0n) is 16.0. The summed E-state index contributed by atoms with van der Waals surface area (Å²) in [5, 5.41) is 12.4. The number of amides is 1. The van der Waals surface area contributed by atoms with E-state index in [0.29, 0.717) is 28.9 Å². The van der Waals surface area contributed by atoms with Crippen LogP contribution in [0.1, 0.15) is 40.8 Å². The summed E-state index contributed by atoms with van der Waals surface area (Å²) in [5.74, 6) is 1.75. The molecule has 2 aliphatic rings. The monoisotopic (exact) mass is 387 g/mol. The Morgan fingerprint density at radius 2 is 2.14 bits per heavy atom. The number of nitrogens with zero attached hydrogens (tertiary/aromatic N) is 4. The first-order valence-corrected chi connectivity index (χ1v) is 9.74. The first-order valence-electron chi connectivity index (χ1n) is 9.74. The van der Waals surface area contributed by atoms with E-state index >= 15 is 0 Å². The molecule has 28 heavy (non-hydrogen) atoms. The van der Waals surface area contributed by atoms with E-state index < -0.39 is 6.10 Å². The standard InChI is InChI=1S/C20H25N5O3.2H2/c1-13(26)16-3-2-15(10-21-16)17-11-22-19-20(23-17)25(12-18(27)24-19)7-4-14-5-8-28-9-6-14;;/h2-3,10-11,13-14,26H,4-9,12H2,1H3,(H,22,24,27);2*1H/t13-;;/m0../s1. The van der Waals surface area contributed by atoms with Gasteiger partial charge in [-0.3, -0.25) is 9.78 Å². The summed E-state index contributed by atoms with van der Waals surface area (Å²) in [6, 6.07) is 3.66. The van der Waals surface area contributed by atoms with Gasteiger partial charge in [0.05, 0.1) is 30.2 Å². The third kappa shape index (κ3) is 4.13. The number of nitrogens with one attached hydrogen (secondary N) is 1. The van der Waals surface area contributed by atoms with E-state index in [0.717, 1.165) is 44.6 Å². The zero-order chi connectivity index (χ0) is 19.5. The number of pyridine rings is 1. The number of rotatable bonds is 5. The van der Waals surface area contributed by atoms with Crippen molar-refractivity contribution in [1.29, 1.82) is 0 Å². The largest absolute Gasteiger partial charge is 0.387 e. The molecule has 2 N–H and O–H groups in total. The number of carbonyl (C=O) groups excluding carboxylic acids is 1. The number of ether oxygens (including phenoxy) is 1. The summed E-state index contributed by atoms with van der Waals surface area (Å²) in [6.07, 6.45) is 5.86. The van der Waals surface area contributed by atoms with Crippen LogP contribution in [-0.4, -0.2) is 52.3 Å². The van der Waals surface area contributed by atoms with Crippen LogP contribution in [0.25, 0.3) is 11.3 Å². The highest BCUT2D eigenvalue weighted by Crippen LogP contribution is 2.30. The fourth-order valence-electron chi connectivity index (χ4n) is 3.61. The summed E-state index contributed by atoms with van der Waals surface area (Å²) in [6.45, 7) is 4.37. The molecule has 4 heterocycles. The first-order chi connectivity index (χ1) is 13.6. The molecule has 0 unspecified atom stereocenters. The second-order valence-corrected chi connectivity index (χ2v) is 7.39. The minimum absolute atomic E-state index is 0. The normalized spacial score (nSPS) is 18.5. The molecule has 1 amide bonds. The molecule has 8 nitrogen and oxygen atoms in total. The summed E-state index contributed by atoms with van der Waals surface area (Å²) >= 11 is 0. The molecule has 1 fully saturated rings. The van der Waals surface area contributed by atoms with Gasteiger partial charge in [-0.1, -0.05) is 0 Å². The van der Waals surface area contributed by atoms with Gasteiger partial charge in [-0.2, -0.15) is 0 Å². The van der Waals surface area contributed by atoms with Crippen molar-refractivity contribution in [2.45, 2.75) is 32.3 Å². The Kier molecular flexibility index (Phi) is 5.50. The van der Waals surface area contributed by atoms with E-state index in [1.807, 2.05) is 11.0 Å². The molecule has 0 aliphatic carbocycles. The highest BCUT2D eigenvalue weighted by molar-refractivity contribution is 5.99. The maximum Gasteiger partial charge on any atom is 0.245 e. The van der Waals surface area contributed by atoms with E-state index in [4.69, 9.17) is 9.72 Å². The van der Waals surface area contributed by atoms with Gasteiger partial charge in [0.1, 0.15) is 0 Å². The second-order valence-electron chi connectivity index (χ2n) is 7.39. The first kappa shape index (κ1) is 18.8. The van der Waals surface area contributed by atoms with Crippen LogP contribution in [0.2, 0.25) is 0 Å². The average Bonchev–Trinajstić information content (AvgIpc) is 2.72. The Morgan fingerprint density at radius 1 is 1.32 bits per heavy atom. The molecular formula is C20H29N5O3. The van der Waals surface area contributed by atoms with Crippen molar-refractivity contribution in [3.05, 3.63) is 30.2 Å². The summed E-state index contributed by atoms with van der Waals surface area (Å²) in [7, 11) is 0. The Hall–Kier alpha value is -2.58. The number of carbonyl (C=O) groups is 1. The number of hydrogen-bond acceptors (Lipinski definition) is 7. The van der Waals surface area contributed by atoms with Crippen LogP contribution in [0.5, 0.6) is 0 Å². The zero-order valence-corrected chi connectivity index (χ0v) is 16.0. The maximum absolute atomic E-state index is 12.1. The van der Waals surface area contributed by atoms with Crippen molar-refractivity contribution in [3.8, 4) is 11.3 Å². The third-order valence-corrected chi connectivity index (χ3v) is 5.30. The molecule has 0 bridgehead atoms. The molecule has 0 aromatic carbocycles. The van der Waals surface area contributed by atoms with E-state index in [9.17, 15) is 9.90 Å². The van der Waals surface area contributed by atoms with Gasteiger partial charge in [0.15, 0.2) is 11.6 Å². The third-order valence-electron chi connectivity index (χ3n) is 5.30. The highest BCUT2D eigenvalue weighted by Gasteiger charge is 2.26. The predicted octanol–water partition coefficient (Wildman–Crippen LogP) is 2.66. The second kappa shape index (κ2) is 8.20. The number of aliphatic hydroxyl groups excluding tert-OH is 1. The van der Waals surface area contributed by atoms with Gasteiger partial charge in [0.25, 0.3) is 0 Å². The molecule has 0 saturated carbocycles. The van der Waals surface area contributed by atoms with Crippen LogP contribution in [0.4, 0.5) is 11.6 Å². The Morgan fingerprint density at radius 3 is 2.86 bits per heavy atom. The Balaban J connectivity index is 0.00000160. The minimum Gasteiger partial charge on any atom is -0.387 e. The minimum atomic E-state index is -0.612. The van der Waals surface area contributed by atoms with Gasteiger partial charge in [-0.05, 0) is 44.2 Å². The van der Waals surface area contributed by atoms with E-state index in [1.54, 1.807) is 25.4 Å². The Bertz CT molecular complexity index is 845. The molecule has 1 saturated heterocycles. The molecule has 0 spiro atoms. The molecule has 2 aromatic rings. The molecule has 8 heteroatoms. The topological polar surface area (TPSA) is 100 Å². The van der Waals surface area contributed by atoms with Crippen LogP contribution in [-0.2, 0) is 9.53 Å². The lowest BCUT2D eigenvalue weighted by molar-refractivity contribution is -0.115. The molecule has 2 aromatic heterocycles. The van der Waals surface area contributed by atoms with Crippen molar-refractivity contribution in [2.24, 2.45) is 5.92 Å². The number of fused-ring (bicyclic) bond motifs is 1. The number of anilines is 2. The van der Waals surface area contributed by atoms with Gasteiger partial charge in [-0.15, -0.1) is 0 Å². The fourth-order valence-corrected chi connectivity index (χ4v) is 3.61. The van der Waals surface area contributed by atoms with Crippen LogP contribution >= 0.6 is 0 Å². The maximum atomic E-state index is 12.1. The van der Waals surface area contributed by atoms with Crippen LogP contribution in [0.15, 0.2) is 24.5 Å². The lowest BCUT2D eigenvalue weighted by Crippen LogP contribution is -2.40. The molecule has 2 aliphatic heterocycles. The molecule has 0 radical (unpaired) electrons. The van der Waals surface area contributed by atoms with E-state index in [2.05, 4.69) is 15.3 Å². The van der Waals surface area contributed by atoms with Crippen molar-refractivity contribution >= 4 is 17.5 Å². The quantitative estimate of drug-likeness (QED) is 0.813. The van der Waals surface area contributed by atoms with E-state index in [1.165, 1.54) is 0 Å². The molecule has 4 rings (SSSR count). The molecule has 152 valence electrons. The van der Waals surface area contributed by atoms with Gasteiger partial charge < -0.3 is 20.1 Å². The van der Waals surface area contributed by atoms with Gasteiger partial charge in [0, 0.05) is 34.4 Å². The summed E-state index contributed by atoms with van der Waals surface area (Å²) < 4.78 is 5.43. The van der Waals surface area contributed by atoms with Gasteiger partial charge >= 0.3 is 0 Å². The SMILES string of the molecule is C[C@H](O)c1ccc(-c2cnc3c(n2)N(CCC2CCOCC2)CC(=O)N3)cn1.[HH].[HH]. The van der Waals surface area contributed by atoms with Crippen LogP contribution < -0.4 is 10.2 Å². The Labute approximate surface area is 166 Å². The van der Waals surface area contributed by atoms with Crippen molar-refractivity contribution in [1.82, 2.24) is 15.0 Å². The van der Waals surface area contributed by atoms with Crippen molar-refractivity contribution < 1.29 is 17.5 Å². The van der Waals surface area contributed by atoms with Crippen molar-refractivity contribution in [2.75, 3.05) is 36.5 Å². The van der Waals surface area contributed by atoms with Crippen LogP contribution in [0, 0.1) is 5.92 Å². The van der Waals surface area contributed by atoms with Crippen molar-refractivity contribution in [3.63, 3.8) is 0 Å². The number of hydrogen-bond donors (Lipinski definition) is 2.